The van der Waals surface area contributed by atoms with Gasteiger partial charge in [0.1, 0.15) is 0 Å². The molecule has 29 heavy (non-hydrogen) atoms. The summed E-state index contributed by atoms with van der Waals surface area (Å²) in [6.45, 7) is 3.96. The number of halogens is 2. The van der Waals surface area contributed by atoms with Gasteiger partial charge >= 0.3 is 0 Å². The molecule has 3 rings (SSSR count). The van der Waals surface area contributed by atoms with Crippen molar-refractivity contribution in [2.75, 3.05) is 0 Å². The Kier molecular flexibility index (Phi) is 7.62. The summed E-state index contributed by atoms with van der Waals surface area (Å²) in [7, 11) is 0. The highest BCUT2D eigenvalue weighted by molar-refractivity contribution is 5.65. The van der Waals surface area contributed by atoms with Gasteiger partial charge in [0.2, 0.25) is 5.82 Å². The molecule has 0 bridgehead atoms. The summed E-state index contributed by atoms with van der Waals surface area (Å²) >= 11 is 0. The van der Waals surface area contributed by atoms with Gasteiger partial charge in [-0.15, -0.1) is 0 Å². The van der Waals surface area contributed by atoms with Gasteiger partial charge in [-0.05, 0) is 74.1 Å². The van der Waals surface area contributed by atoms with Crippen LogP contribution in [0.1, 0.15) is 63.9 Å². The summed E-state index contributed by atoms with van der Waals surface area (Å²) in [6.07, 6.45) is 14.8. The molecule has 0 heterocycles. The second-order valence-corrected chi connectivity index (χ2v) is 7.78. The largest absolute Gasteiger partial charge is 0.462 e. The maximum Gasteiger partial charge on any atom is 0.201 e. The Morgan fingerprint density at radius 2 is 1.69 bits per heavy atom. The van der Waals surface area contributed by atoms with Gasteiger partial charge in [-0.1, -0.05) is 55.8 Å². The minimum atomic E-state index is -0.959. The SMILES string of the molecule is C/C=C/Oc1ccc(-c2ccc(C3CCC(/C=C/CCC)CC3)cc2)c(F)c1F. The first-order valence-corrected chi connectivity index (χ1v) is 10.7. The van der Waals surface area contributed by atoms with E-state index in [9.17, 15) is 8.78 Å². The Morgan fingerprint density at radius 1 is 0.966 bits per heavy atom. The molecular formula is C26H30F2O. The van der Waals surface area contributed by atoms with E-state index in [-0.39, 0.29) is 11.3 Å². The lowest BCUT2D eigenvalue weighted by atomic mass is 9.78. The zero-order chi connectivity index (χ0) is 20.6. The first kappa shape index (κ1) is 21.3. The third-order valence-corrected chi connectivity index (χ3v) is 5.71. The fourth-order valence-corrected chi connectivity index (χ4v) is 4.02. The molecule has 1 nitrogen and oxygen atoms in total. The van der Waals surface area contributed by atoms with Crippen LogP contribution in [0.3, 0.4) is 0 Å². The molecule has 0 N–H and O–H groups in total. The normalized spacial score (nSPS) is 19.9. The van der Waals surface area contributed by atoms with Crippen molar-refractivity contribution in [3.8, 4) is 16.9 Å². The van der Waals surface area contributed by atoms with Crippen LogP contribution in [-0.4, -0.2) is 0 Å². The molecule has 2 aromatic rings. The number of ether oxygens (including phenoxy) is 1. The molecule has 1 aliphatic rings. The topological polar surface area (TPSA) is 9.23 Å². The highest BCUT2D eigenvalue weighted by Crippen LogP contribution is 2.37. The molecule has 0 unspecified atom stereocenters. The number of hydrogen-bond donors (Lipinski definition) is 0. The molecule has 1 aliphatic carbocycles. The van der Waals surface area contributed by atoms with Gasteiger partial charge < -0.3 is 4.74 Å². The van der Waals surface area contributed by atoms with E-state index >= 15 is 0 Å². The molecule has 154 valence electrons. The van der Waals surface area contributed by atoms with Crippen LogP contribution in [0, 0.1) is 17.6 Å². The van der Waals surface area contributed by atoms with E-state index in [1.54, 1.807) is 19.1 Å². The van der Waals surface area contributed by atoms with Crippen molar-refractivity contribution in [1.82, 2.24) is 0 Å². The van der Waals surface area contributed by atoms with E-state index in [2.05, 4.69) is 31.2 Å². The van der Waals surface area contributed by atoms with Gasteiger partial charge in [0, 0.05) is 5.56 Å². The average Bonchev–Trinajstić information content (AvgIpc) is 2.76. The monoisotopic (exact) mass is 396 g/mol. The molecule has 1 fully saturated rings. The maximum absolute atomic E-state index is 14.5. The molecule has 0 atom stereocenters. The van der Waals surface area contributed by atoms with Gasteiger partial charge in [-0.25, -0.2) is 4.39 Å². The standard InChI is InChI=1S/C26H30F2O/c1-3-5-6-7-19-8-10-20(11-9-19)21-12-14-22(15-13-21)23-16-17-24(29-18-4-2)26(28)25(23)27/h4,6-7,12-20H,3,5,8-11H2,1-2H3/b7-6+,18-4+. The molecule has 2 aromatic carbocycles. The second-order valence-electron chi connectivity index (χ2n) is 7.78. The van der Waals surface area contributed by atoms with Gasteiger partial charge in [-0.3, -0.25) is 0 Å². The van der Waals surface area contributed by atoms with Crippen molar-refractivity contribution < 1.29 is 13.5 Å². The van der Waals surface area contributed by atoms with E-state index < -0.39 is 11.6 Å². The molecular weight excluding hydrogens is 366 g/mol. The smallest absolute Gasteiger partial charge is 0.201 e. The van der Waals surface area contributed by atoms with E-state index in [1.807, 2.05) is 12.1 Å². The molecule has 0 amide bonds. The predicted molar refractivity (Wildman–Crippen MR) is 116 cm³/mol. The van der Waals surface area contributed by atoms with Gasteiger partial charge in [0.05, 0.1) is 6.26 Å². The van der Waals surface area contributed by atoms with Crippen molar-refractivity contribution >= 4 is 0 Å². The maximum atomic E-state index is 14.5. The van der Waals surface area contributed by atoms with Gasteiger partial charge in [0.15, 0.2) is 11.6 Å². The van der Waals surface area contributed by atoms with Crippen molar-refractivity contribution in [2.45, 2.75) is 58.3 Å². The number of benzene rings is 2. The first-order chi connectivity index (χ1) is 14.1. The molecule has 3 heteroatoms. The van der Waals surface area contributed by atoms with E-state index in [0.29, 0.717) is 17.4 Å². The molecule has 0 saturated heterocycles. The number of rotatable bonds is 7. The van der Waals surface area contributed by atoms with Gasteiger partial charge in [-0.2, -0.15) is 4.39 Å². The Labute approximate surface area is 173 Å². The Morgan fingerprint density at radius 3 is 2.34 bits per heavy atom. The van der Waals surface area contributed by atoms with Crippen molar-refractivity contribution in [3.05, 3.63) is 78.1 Å². The van der Waals surface area contributed by atoms with Crippen LogP contribution >= 0.6 is 0 Å². The molecule has 0 radical (unpaired) electrons. The van der Waals surface area contributed by atoms with E-state index in [0.717, 1.165) is 0 Å². The summed E-state index contributed by atoms with van der Waals surface area (Å²) in [6, 6.07) is 11.0. The lowest BCUT2D eigenvalue weighted by Gasteiger charge is -2.27. The Hall–Kier alpha value is -2.42. The third-order valence-electron chi connectivity index (χ3n) is 5.71. The summed E-state index contributed by atoms with van der Waals surface area (Å²) in [5.74, 6) is -0.681. The summed E-state index contributed by atoms with van der Waals surface area (Å²) in [5, 5.41) is 0. The Bertz CT molecular complexity index is 844. The zero-order valence-corrected chi connectivity index (χ0v) is 17.3. The second kappa shape index (κ2) is 10.4. The fourth-order valence-electron chi connectivity index (χ4n) is 4.02. The van der Waals surface area contributed by atoms with Crippen LogP contribution in [0.15, 0.2) is 60.9 Å². The van der Waals surface area contributed by atoms with Crippen LogP contribution in [0.25, 0.3) is 11.1 Å². The minimum Gasteiger partial charge on any atom is -0.462 e. The van der Waals surface area contributed by atoms with Crippen LogP contribution in [-0.2, 0) is 0 Å². The summed E-state index contributed by atoms with van der Waals surface area (Å²) in [5.41, 5.74) is 2.23. The molecule has 0 aliphatic heterocycles. The van der Waals surface area contributed by atoms with Crippen LogP contribution in [0.5, 0.6) is 5.75 Å². The van der Waals surface area contributed by atoms with Crippen LogP contribution in [0.4, 0.5) is 8.78 Å². The van der Waals surface area contributed by atoms with Crippen molar-refractivity contribution in [1.29, 1.82) is 0 Å². The highest BCUT2D eigenvalue weighted by atomic mass is 19.2. The zero-order valence-electron chi connectivity index (χ0n) is 17.3. The number of allylic oxidation sites excluding steroid dienone is 3. The minimum absolute atomic E-state index is 0.106. The number of unbranched alkanes of at least 4 members (excludes halogenated alkanes) is 1. The Balaban J connectivity index is 1.67. The summed E-state index contributed by atoms with van der Waals surface area (Å²) < 4.78 is 33.9. The average molecular weight is 397 g/mol. The van der Waals surface area contributed by atoms with E-state index in [1.165, 1.54) is 56.4 Å². The summed E-state index contributed by atoms with van der Waals surface area (Å²) in [4.78, 5) is 0. The molecule has 0 spiro atoms. The highest BCUT2D eigenvalue weighted by Gasteiger charge is 2.21. The van der Waals surface area contributed by atoms with Crippen LogP contribution in [0.2, 0.25) is 0 Å². The fraction of sp³-hybridized carbons (Fsp3) is 0.385. The first-order valence-electron chi connectivity index (χ1n) is 10.7. The van der Waals surface area contributed by atoms with E-state index in [4.69, 9.17) is 4.74 Å². The molecule has 1 saturated carbocycles. The predicted octanol–water partition coefficient (Wildman–Crippen LogP) is 8.17. The lowest BCUT2D eigenvalue weighted by molar-refractivity contribution is 0.375. The van der Waals surface area contributed by atoms with Crippen LogP contribution < -0.4 is 4.74 Å². The lowest BCUT2D eigenvalue weighted by Crippen LogP contribution is -2.11. The third kappa shape index (κ3) is 5.35. The van der Waals surface area contributed by atoms with Crippen molar-refractivity contribution in [3.63, 3.8) is 0 Å². The number of hydrogen-bond acceptors (Lipinski definition) is 1. The van der Waals surface area contributed by atoms with Gasteiger partial charge in [0.25, 0.3) is 0 Å². The van der Waals surface area contributed by atoms with Crippen molar-refractivity contribution in [2.24, 2.45) is 5.92 Å². The quantitative estimate of drug-likeness (QED) is 0.339. The molecule has 0 aromatic heterocycles.